The third-order valence-corrected chi connectivity index (χ3v) is 6.13. The number of hydrogen-bond donors (Lipinski definition) is 1. The second-order valence-corrected chi connectivity index (χ2v) is 8.44. The van der Waals surface area contributed by atoms with E-state index >= 15 is 0 Å². The second kappa shape index (κ2) is 9.89. The Morgan fingerprint density at radius 1 is 1.15 bits per heavy atom. The highest BCUT2D eigenvalue weighted by molar-refractivity contribution is 7.89. The molecule has 0 radical (unpaired) electrons. The first kappa shape index (κ1) is 20.7. The highest BCUT2D eigenvalue weighted by Gasteiger charge is 2.25. The number of carbonyl (C=O) groups is 1. The van der Waals surface area contributed by atoms with Gasteiger partial charge in [0.25, 0.3) is 5.91 Å². The lowest BCUT2D eigenvalue weighted by atomic mass is 10.2. The molecule has 0 aromatic heterocycles. The van der Waals surface area contributed by atoms with Crippen LogP contribution >= 0.6 is 0 Å². The number of sulfonamides is 1. The van der Waals surface area contributed by atoms with Crippen LogP contribution in [0.1, 0.15) is 32.6 Å². The predicted octanol–water partition coefficient (Wildman–Crippen LogP) is 1.78. The molecule has 1 saturated heterocycles. The van der Waals surface area contributed by atoms with Crippen molar-refractivity contribution in [2.24, 2.45) is 0 Å². The highest BCUT2D eigenvalue weighted by atomic mass is 32.2. The summed E-state index contributed by atoms with van der Waals surface area (Å²) in [4.78, 5) is 12.0. The molecule has 1 N–H and O–H groups in total. The molecule has 1 aliphatic rings. The van der Waals surface area contributed by atoms with Crippen LogP contribution in [0.3, 0.4) is 0 Å². The fraction of sp³-hybridized carbons (Fsp3) is 0.611. The molecule has 1 aromatic carbocycles. The minimum atomic E-state index is -3.47. The number of carbonyl (C=O) groups excluding carboxylic acids is 1. The van der Waals surface area contributed by atoms with E-state index in [2.05, 4.69) is 5.32 Å². The van der Waals surface area contributed by atoms with E-state index in [9.17, 15) is 13.2 Å². The molecular formula is C18H28N2O5S. The average molecular weight is 384 g/mol. The summed E-state index contributed by atoms with van der Waals surface area (Å²) in [5.74, 6) is 0.199. The standard InChI is InChI=1S/C18H28N2O5S/c1-15(13-24-2)19-18(21)14-25-16-7-9-17(10-8-16)26(22,23)20-11-5-3-4-6-12-20/h7-10,15H,3-6,11-14H2,1-2H3,(H,19,21)/t15-/m0/s1. The van der Waals surface area contributed by atoms with E-state index < -0.39 is 10.0 Å². The molecule has 0 spiro atoms. The first-order valence-corrected chi connectivity index (χ1v) is 10.4. The van der Waals surface area contributed by atoms with Gasteiger partial charge in [-0.15, -0.1) is 0 Å². The normalized spacial score (nSPS) is 17.3. The molecule has 1 heterocycles. The minimum absolute atomic E-state index is 0.0998. The number of ether oxygens (including phenoxy) is 2. The quantitative estimate of drug-likeness (QED) is 0.738. The first-order valence-electron chi connectivity index (χ1n) is 8.95. The molecule has 26 heavy (non-hydrogen) atoms. The van der Waals surface area contributed by atoms with Gasteiger partial charge in [-0.2, -0.15) is 4.31 Å². The summed E-state index contributed by atoms with van der Waals surface area (Å²) in [7, 11) is -1.90. The SMILES string of the molecule is COC[C@H](C)NC(=O)COc1ccc(S(=O)(=O)N2CCCCCC2)cc1. The van der Waals surface area contributed by atoms with Gasteiger partial charge in [0, 0.05) is 26.2 Å². The lowest BCUT2D eigenvalue weighted by Crippen LogP contribution is -2.38. The van der Waals surface area contributed by atoms with Crippen LogP contribution in [-0.2, 0) is 19.6 Å². The van der Waals surface area contributed by atoms with Crippen molar-refractivity contribution < 1.29 is 22.7 Å². The van der Waals surface area contributed by atoms with Crippen LogP contribution in [0.25, 0.3) is 0 Å². The Morgan fingerprint density at radius 3 is 2.35 bits per heavy atom. The highest BCUT2D eigenvalue weighted by Crippen LogP contribution is 2.22. The van der Waals surface area contributed by atoms with Gasteiger partial charge in [-0.25, -0.2) is 8.42 Å². The molecule has 0 unspecified atom stereocenters. The van der Waals surface area contributed by atoms with Gasteiger partial charge in [0.1, 0.15) is 5.75 Å². The van der Waals surface area contributed by atoms with Crippen LogP contribution < -0.4 is 10.1 Å². The van der Waals surface area contributed by atoms with Crippen molar-refractivity contribution in [3.63, 3.8) is 0 Å². The molecule has 0 saturated carbocycles. The van der Waals surface area contributed by atoms with Crippen LogP contribution in [0.15, 0.2) is 29.2 Å². The Kier molecular flexibility index (Phi) is 7.86. The van der Waals surface area contributed by atoms with Crippen LogP contribution in [0.2, 0.25) is 0 Å². The summed E-state index contributed by atoms with van der Waals surface area (Å²) >= 11 is 0. The van der Waals surface area contributed by atoms with Gasteiger partial charge in [0.2, 0.25) is 10.0 Å². The number of amides is 1. The fourth-order valence-corrected chi connectivity index (χ4v) is 4.41. The van der Waals surface area contributed by atoms with E-state index in [1.165, 1.54) is 12.1 Å². The van der Waals surface area contributed by atoms with Crippen LogP contribution in [0.5, 0.6) is 5.75 Å². The molecule has 8 heteroatoms. The van der Waals surface area contributed by atoms with Gasteiger partial charge in [-0.05, 0) is 44.0 Å². The summed E-state index contributed by atoms with van der Waals surface area (Å²) in [5.41, 5.74) is 0. The molecule has 0 bridgehead atoms. The number of benzene rings is 1. The van der Waals surface area contributed by atoms with Crippen LogP contribution in [0, 0.1) is 0 Å². The Labute approximate surface area is 155 Å². The van der Waals surface area contributed by atoms with Gasteiger partial charge in [-0.3, -0.25) is 4.79 Å². The topological polar surface area (TPSA) is 84.9 Å². The van der Waals surface area contributed by atoms with Crippen molar-refractivity contribution in [2.45, 2.75) is 43.5 Å². The van der Waals surface area contributed by atoms with E-state index in [0.717, 1.165) is 25.7 Å². The maximum absolute atomic E-state index is 12.7. The van der Waals surface area contributed by atoms with Gasteiger partial charge in [-0.1, -0.05) is 12.8 Å². The molecule has 0 aliphatic carbocycles. The van der Waals surface area contributed by atoms with Gasteiger partial charge >= 0.3 is 0 Å². The monoisotopic (exact) mass is 384 g/mol. The van der Waals surface area contributed by atoms with Crippen molar-refractivity contribution in [2.75, 3.05) is 33.4 Å². The third kappa shape index (κ3) is 5.96. The smallest absolute Gasteiger partial charge is 0.258 e. The molecule has 7 nitrogen and oxygen atoms in total. The summed E-state index contributed by atoms with van der Waals surface area (Å²) in [6.45, 7) is 3.27. The zero-order valence-corrected chi connectivity index (χ0v) is 16.3. The average Bonchev–Trinajstić information content (AvgIpc) is 2.90. The zero-order chi connectivity index (χ0) is 19.0. The Bertz CT molecular complexity index is 667. The molecule has 146 valence electrons. The Morgan fingerprint density at radius 2 is 1.77 bits per heavy atom. The van der Waals surface area contributed by atoms with Crippen LogP contribution in [0.4, 0.5) is 0 Å². The molecule has 1 amide bonds. The molecule has 2 rings (SSSR count). The summed E-state index contributed by atoms with van der Waals surface area (Å²) in [6.07, 6.45) is 3.95. The van der Waals surface area contributed by atoms with E-state index in [1.54, 1.807) is 23.5 Å². The Hall–Kier alpha value is -1.64. The van der Waals surface area contributed by atoms with E-state index in [4.69, 9.17) is 9.47 Å². The molecule has 1 aliphatic heterocycles. The number of methoxy groups -OCH3 is 1. The molecule has 1 atom stereocenters. The molecule has 1 aromatic rings. The lowest BCUT2D eigenvalue weighted by molar-refractivity contribution is -0.124. The maximum Gasteiger partial charge on any atom is 0.258 e. The van der Waals surface area contributed by atoms with Gasteiger partial charge in [0.05, 0.1) is 11.5 Å². The number of nitrogens with zero attached hydrogens (tertiary/aromatic N) is 1. The number of hydrogen-bond acceptors (Lipinski definition) is 5. The van der Waals surface area contributed by atoms with E-state index in [1.807, 2.05) is 6.92 Å². The largest absolute Gasteiger partial charge is 0.484 e. The van der Waals surface area contributed by atoms with Crippen LogP contribution in [-0.4, -0.2) is 58.1 Å². The van der Waals surface area contributed by atoms with Crippen molar-refractivity contribution in [3.8, 4) is 5.75 Å². The zero-order valence-electron chi connectivity index (χ0n) is 15.4. The van der Waals surface area contributed by atoms with Gasteiger partial charge in [0.15, 0.2) is 6.61 Å². The Balaban J connectivity index is 1.92. The minimum Gasteiger partial charge on any atom is -0.484 e. The summed E-state index contributed by atoms with van der Waals surface area (Å²) < 4.78 is 37.3. The molecule has 1 fully saturated rings. The van der Waals surface area contributed by atoms with Crippen molar-refractivity contribution in [3.05, 3.63) is 24.3 Å². The summed E-state index contributed by atoms with van der Waals surface area (Å²) in [5, 5.41) is 2.74. The fourth-order valence-electron chi connectivity index (χ4n) is 2.90. The van der Waals surface area contributed by atoms with Crippen molar-refractivity contribution >= 4 is 15.9 Å². The van der Waals surface area contributed by atoms with Crippen molar-refractivity contribution in [1.82, 2.24) is 9.62 Å². The lowest BCUT2D eigenvalue weighted by Gasteiger charge is -2.20. The number of nitrogens with one attached hydrogen (secondary N) is 1. The van der Waals surface area contributed by atoms with Gasteiger partial charge < -0.3 is 14.8 Å². The van der Waals surface area contributed by atoms with E-state index in [0.29, 0.717) is 25.4 Å². The second-order valence-electron chi connectivity index (χ2n) is 6.50. The maximum atomic E-state index is 12.7. The predicted molar refractivity (Wildman–Crippen MR) is 98.6 cm³/mol. The molecular weight excluding hydrogens is 356 g/mol. The van der Waals surface area contributed by atoms with Crippen molar-refractivity contribution in [1.29, 1.82) is 0 Å². The number of rotatable bonds is 8. The first-order chi connectivity index (χ1) is 12.4. The van der Waals surface area contributed by atoms with E-state index in [-0.39, 0.29) is 23.5 Å². The third-order valence-electron chi connectivity index (χ3n) is 4.22. The summed E-state index contributed by atoms with van der Waals surface area (Å²) in [6, 6.07) is 6.12.